The minimum atomic E-state index is -0.201. The summed E-state index contributed by atoms with van der Waals surface area (Å²) in [6.07, 6.45) is 0. The molecule has 1 amide bonds. The van der Waals surface area contributed by atoms with Crippen molar-refractivity contribution in [2.24, 2.45) is 0 Å². The van der Waals surface area contributed by atoms with Gasteiger partial charge in [-0.25, -0.2) is 5.10 Å². The van der Waals surface area contributed by atoms with E-state index in [9.17, 15) is 4.79 Å². The topological polar surface area (TPSA) is 79.9 Å². The number of hydrogen-bond donors (Lipinski definition) is 2. The Hall–Kier alpha value is -1.93. The molecule has 3 rings (SSSR count). The first kappa shape index (κ1) is 12.1. The molecule has 0 spiro atoms. The fourth-order valence-corrected chi connectivity index (χ4v) is 3.55. The molecule has 0 unspecified atom stereocenters. The van der Waals surface area contributed by atoms with Crippen LogP contribution in [0.25, 0.3) is 9.40 Å². The lowest BCUT2D eigenvalue weighted by molar-refractivity contribution is 0.103. The average Bonchev–Trinajstić information content (AvgIpc) is 3.03. The molecule has 0 saturated carbocycles. The van der Waals surface area contributed by atoms with Crippen LogP contribution in [0, 0.1) is 0 Å². The molecule has 0 aliphatic heterocycles. The van der Waals surface area contributed by atoms with Gasteiger partial charge in [0.25, 0.3) is 5.91 Å². The number of nitrogens with zero attached hydrogens (tertiary/aromatic N) is 2. The number of aromatic nitrogens is 3. The molecular weight excluding hydrogens is 284 g/mol. The number of hydrogen-bond acceptors (Lipinski definition) is 6. The van der Waals surface area contributed by atoms with E-state index >= 15 is 0 Å². The number of ether oxygens (including phenoxy) is 1. The average molecular weight is 294 g/mol. The third-order valence-corrected chi connectivity index (χ3v) is 4.43. The van der Waals surface area contributed by atoms with Crippen molar-refractivity contribution >= 4 is 43.9 Å². The van der Waals surface area contributed by atoms with E-state index in [0.29, 0.717) is 11.5 Å². The number of carbonyl (C=O) groups is 1. The summed E-state index contributed by atoms with van der Waals surface area (Å²) in [6.45, 7) is 2.32. The summed E-state index contributed by atoms with van der Waals surface area (Å²) >= 11 is 3.07. The molecule has 6 nitrogen and oxygen atoms in total. The lowest BCUT2D eigenvalue weighted by Crippen LogP contribution is -2.11. The van der Waals surface area contributed by atoms with Crippen molar-refractivity contribution in [3.63, 3.8) is 0 Å². The van der Waals surface area contributed by atoms with Crippen LogP contribution in [0.3, 0.4) is 0 Å². The van der Waals surface area contributed by atoms with E-state index in [1.807, 2.05) is 24.4 Å². The molecule has 0 aliphatic carbocycles. The predicted molar refractivity (Wildman–Crippen MR) is 75.2 cm³/mol. The normalized spacial score (nSPS) is 10.8. The molecule has 0 saturated heterocycles. The van der Waals surface area contributed by atoms with Crippen LogP contribution >= 0.6 is 22.7 Å². The summed E-state index contributed by atoms with van der Waals surface area (Å²) in [5, 5.41) is 11.1. The third-order valence-electron chi connectivity index (χ3n) is 2.33. The van der Waals surface area contributed by atoms with E-state index in [2.05, 4.69) is 20.5 Å². The smallest absolute Gasteiger partial charge is 0.337 e. The van der Waals surface area contributed by atoms with Gasteiger partial charge in [-0.2, -0.15) is 4.98 Å². The van der Waals surface area contributed by atoms with Gasteiger partial charge >= 0.3 is 6.01 Å². The molecule has 0 bridgehead atoms. The summed E-state index contributed by atoms with van der Waals surface area (Å²) in [5.74, 6) is 0.0813. The van der Waals surface area contributed by atoms with Crippen molar-refractivity contribution in [1.82, 2.24) is 15.2 Å². The highest BCUT2D eigenvalue weighted by atomic mass is 32.1. The summed E-state index contributed by atoms with van der Waals surface area (Å²) in [5.41, 5.74) is 0. The summed E-state index contributed by atoms with van der Waals surface area (Å²) in [6, 6.07) is 4.10. The Labute approximate surface area is 116 Å². The number of fused-ring (bicyclic) bond motifs is 1. The lowest BCUT2D eigenvalue weighted by Gasteiger charge is -1.97. The van der Waals surface area contributed by atoms with Crippen LogP contribution in [0.2, 0.25) is 0 Å². The van der Waals surface area contributed by atoms with Crippen molar-refractivity contribution in [2.75, 3.05) is 11.9 Å². The van der Waals surface area contributed by atoms with Gasteiger partial charge in [-0.15, -0.1) is 27.8 Å². The zero-order valence-electron chi connectivity index (χ0n) is 9.97. The zero-order chi connectivity index (χ0) is 13.2. The molecule has 0 fully saturated rings. The van der Waals surface area contributed by atoms with E-state index in [1.54, 1.807) is 11.3 Å². The maximum Gasteiger partial charge on any atom is 0.337 e. The number of amides is 1. The second-order valence-corrected chi connectivity index (χ2v) is 5.64. The molecular formula is C11H10N4O2S2. The number of carbonyl (C=O) groups excluding carboxylic acids is 1. The number of rotatable bonds is 4. The Kier molecular flexibility index (Phi) is 3.18. The van der Waals surface area contributed by atoms with E-state index < -0.39 is 0 Å². The van der Waals surface area contributed by atoms with Crippen LogP contribution in [0.4, 0.5) is 5.95 Å². The van der Waals surface area contributed by atoms with Gasteiger partial charge in [0.2, 0.25) is 5.95 Å². The molecule has 3 heterocycles. The van der Waals surface area contributed by atoms with Gasteiger partial charge in [-0.1, -0.05) is 0 Å². The first-order valence-electron chi connectivity index (χ1n) is 5.60. The van der Waals surface area contributed by atoms with Crippen molar-refractivity contribution in [3.05, 3.63) is 22.4 Å². The van der Waals surface area contributed by atoms with E-state index in [-0.39, 0.29) is 17.9 Å². The van der Waals surface area contributed by atoms with Crippen molar-refractivity contribution in [1.29, 1.82) is 0 Å². The van der Waals surface area contributed by atoms with E-state index in [1.165, 1.54) is 11.3 Å². The van der Waals surface area contributed by atoms with Gasteiger partial charge in [0, 0.05) is 9.40 Å². The van der Waals surface area contributed by atoms with Crippen LogP contribution in [-0.4, -0.2) is 27.7 Å². The van der Waals surface area contributed by atoms with E-state index in [0.717, 1.165) is 9.40 Å². The number of nitrogens with one attached hydrogen (secondary N) is 2. The molecule has 98 valence electrons. The maximum absolute atomic E-state index is 12.0. The monoisotopic (exact) mass is 294 g/mol. The standard InChI is InChI=1S/C11H10N4O2S2/c1-2-17-11-13-10(14-15-11)12-9(16)8-5-7-6(19-8)3-4-18-7/h3-5H,2H2,1H3,(H2,12,13,14,15,16). The summed E-state index contributed by atoms with van der Waals surface area (Å²) in [7, 11) is 0. The second kappa shape index (κ2) is 4.98. The van der Waals surface area contributed by atoms with Gasteiger partial charge in [-0.3, -0.25) is 10.1 Å². The molecule has 19 heavy (non-hydrogen) atoms. The van der Waals surface area contributed by atoms with Crippen molar-refractivity contribution < 1.29 is 9.53 Å². The van der Waals surface area contributed by atoms with Crippen LogP contribution in [0.15, 0.2) is 17.5 Å². The quantitative estimate of drug-likeness (QED) is 0.775. The van der Waals surface area contributed by atoms with Crippen LogP contribution in [0.1, 0.15) is 16.6 Å². The van der Waals surface area contributed by atoms with Gasteiger partial charge in [0.15, 0.2) is 0 Å². The molecule has 0 aromatic carbocycles. The number of aromatic amines is 1. The largest absolute Gasteiger partial charge is 0.463 e. The molecule has 0 radical (unpaired) electrons. The Morgan fingerprint density at radius 3 is 3.21 bits per heavy atom. The Balaban J connectivity index is 1.74. The highest BCUT2D eigenvalue weighted by Gasteiger charge is 2.13. The fourth-order valence-electron chi connectivity index (χ4n) is 1.54. The molecule has 0 aliphatic rings. The Bertz CT molecular complexity index is 687. The van der Waals surface area contributed by atoms with Gasteiger partial charge in [0.1, 0.15) is 0 Å². The maximum atomic E-state index is 12.0. The molecule has 3 aromatic rings. The fraction of sp³-hybridized carbons (Fsp3) is 0.182. The second-order valence-electron chi connectivity index (χ2n) is 3.61. The lowest BCUT2D eigenvalue weighted by atomic mass is 10.4. The Morgan fingerprint density at radius 1 is 1.53 bits per heavy atom. The predicted octanol–water partition coefficient (Wildman–Crippen LogP) is 2.73. The number of H-pyrrole nitrogens is 1. The zero-order valence-corrected chi connectivity index (χ0v) is 11.6. The first-order valence-corrected chi connectivity index (χ1v) is 7.29. The Morgan fingerprint density at radius 2 is 2.42 bits per heavy atom. The van der Waals surface area contributed by atoms with Crippen LogP contribution in [0.5, 0.6) is 6.01 Å². The molecule has 0 atom stereocenters. The molecule has 3 aromatic heterocycles. The van der Waals surface area contributed by atoms with Gasteiger partial charge < -0.3 is 4.74 Å². The van der Waals surface area contributed by atoms with E-state index in [4.69, 9.17) is 4.74 Å². The van der Waals surface area contributed by atoms with Crippen molar-refractivity contribution in [3.8, 4) is 6.01 Å². The van der Waals surface area contributed by atoms with Crippen LogP contribution < -0.4 is 10.1 Å². The third kappa shape index (κ3) is 2.45. The minimum absolute atomic E-state index is 0.201. The first-order chi connectivity index (χ1) is 9.26. The number of thiophene rings is 2. The van der Waals surface area contributed by atoms with Crippen molar-refractivity contribution in [2.45, 2.75) is 6.92 Å². The number of anilines is 1. The van der Waals surface area contributed by atoms with Gasteiger partial charge in [0.05, 0.1) is 11.5 Å². The summed E-state index contributed by atoms with van der Waals surface area (Å²) in [4.78, 5) is 16.7. The molecule has 2 N–H and O–H groups in total. The van der Waals surface area contributed by atoms with Gasteiger partial charge in [-0.05, 0) is 24.4 Å². The van der Waals surface area contributed by atoms with Crippen LogP contribution in [-0.2, 0) is 0 Å². The highest BCUT2D eigenvalue weighted by molar-refractivity contribution is 7.27. The highest BCUT2D eigenvalue weighted by Crippen LogP contribution is 2.30. The summed E-state index contributed by atoms with van der Waals surface area (Å²) < 4.78 is 7.34. The minimum Gasteiger partial charge on any atom is -0.463 e. The molecule has 8 heteroatoms. The SMILES string of the molecule is CCOc1n[nH]c(NC(=O)c2cc3sccc3s2)n1.